The van der Waals surface area contributed by atoms with Crippen LogP contribution in [-0.4, -0.2) is 20.3 Å². The van der Waals surface area contributed by atoms with Crippen molar-refractivity contribution in [2.45, 2.75) is 19.9 Å². The zero-order valence-corrected chi connectivity index (χ0v) is 12.9. The molecule has 2 rings (SSSR count). The van der Waals surface area contributed by atoms with Crippen LogP contribution in [0.5, 0.6) is 11.5 Å². The fourth-order valence-electron chi connectivity index (χ4n) is 2.31. The van der Waals surface area contributed by atoms with Gasteiger partial charge >= 0.3 is 0 Å². The van der Waals surface area contributed by atoms with E-state index >= 15 is 0 Å². The third-order valence-electron chi connectivity index (χ3n) is 3.45. The molecule has 2 aromatic rings. The monoisotopic (exact) mass is 285 g/mol. The van der Waals surface area contributed by atoms with E-state index < -0.39 is 0 Å². The maximum Gasteiger partial charge on any atom is 0.123 e. The van der Waals surface area contributed by atoms with Gasteiger partial charge in [0.1, 0.15) is 18.1 Å². The molecule has 0 aliphatic heterocycles. The topological polar surface area (TPSA) is 30.5 Å². The number of rotatable bonds is 7. The van der Waals surface area contributed by atoms with Gasteiger partial charge in [0.25, 0.3) is 0 Å². The van der Waals surface area contributed by atoms with E-state index in [1.54, 1.807) is 0 Å². The largest absolute Gasteiger partial charge is 0.494 e. The Hall–Kier alpha value is -2.00. The lowest BCUT2D eigenvalue weighted by atomic mass is 10.0. The summed E-state index contributed by atoms with van der Waals surface area (Å²) in [4.78, 5) is 0. The average molecular weight is 285 g/mol. The SMILES string of the molecule is CCOc1cccc(OCC(NC)c2ccccc2C)c1. The van der Waals surface area contributed by atoms with Gasteiger partial charge in [0.2, 0.25) is 0 Å². The highest BCUT2D eigenvalue weighted by Crippen LogP contribution is 2.22. The first-order valence-corrected chi connectivity index (χ1v) is 7.33. The van der Waals surface area contributed by atoms with Crippen LogP contribution >= 0.6 is 0 Å². The molecule has 0 bridgehead atoms. The van der Waals surface area contributed by atoms with E-state index in [0.29, 0.717) is 13.2 Å². The predicted octanol–water partition coefficient (Wildman–Crippen LogP) is 3.73. The smallest absolute Gasteiger partial charge is 0.123 e. The van der Waals surface area contributed by atoms with Crippen molar-refractivity contribution in [2.24, 2.45) is 0 Å². The minimum absolute atomic E-state index is 0.168. The molecule has 3 nitrogen and oxygen atoms in total. The molecular formula is C18H23NO2. The molecule has 0 aromatic heterocycles. The van der Waals surface area contributed by atoms with Crippen molar-refractivity contribution in [3.05, 3.63) is 59.7 Å². The van der Waals surface area contributed by atoms with Crippen LogP contribution in [-0.2, 0) is 0 Å². The number of ether oxygens (including phenoxy) is 2. The molecule has 0 heterocycles. The second kappa shape index (κ2) is 7.70. The maximum atomic E-state index is 5.91. The highest BCUT2D eigenvalue weighted by molar-refractivity contribution is 5.33. The second-order valence-corrected chi connectivity index (χ2v) is 4.92. The molecule has 112 valence electrons. The van der Waals surface area contributed by atoms with Crippen molar-refractivity contribution in [3.8, 4) is 11.5 Å². The summed E-state index contributed by atoms with van der Waals surface area (Å²) in [6.45, 7) is 5.33. The lowest BCUT2D eigenvalue weighted by Gasteiger charge is -2.19. The second-order valence-electron chi connectivity index (χ2n) is 4.92. The zero-order chi connectivity index (χ0) is 15.1. The highest BCUT2D eigenvalue weighted by Gasteiger charge is 2.12. The van der Waals surface area contributed by atoms with Crippen molar-refractivity contribution in [2.75, 3.05) is 20.3 Å². The van der Waals surface area contributed by atoms with E-state index in [0.717, 1.165) is 11.5 Å². The molecule has 21 heavy (non-hydrogen) atoms. The lowest BCUT2D eigenvalue weighted by molar-refractivity contribution is 0.270. The zero-order valence-electron chi connectivity index (χ0n) is 12.9. The van der Waals surface area contributed by atoms with Crippen molar-refractivity contribution >= 4 is 0 Å². The van der Waals surface area contributed by atoms with Crippen LogP contribution in [0.25, 0.3) is 0 Å². The van der Waals surface area contributed by atoms with Crippen molar-refractivity contribution < 1.29 is 9.47 Å². The molecule has 1 unspecified atom stereocenters. The quantitative estimate of drug-likeness (QED) is 0.840. The molecule has 0 saturated carbocycles. The Bertz CT molecular complexity index is 569. The Balaban J connectivity index is 2.03. The maximum absolute atomic E-state index is 5.91. The van der Waals surface area contributed by atoms with E-state index in [9.17, 15) is 0 Å². The predicted molar refractivity (Wildman–Crippen MR) is 86.1 cm³/mol. The first-order chi connectivity index (χ1) is 10.2. The van der Waals surface area contributed by atoms with Gasteiger partial charge in [-0.05, 0) is 44.2 Å². The van der Waals surface area contributed by atoms with Gasteiger partial charge in [-0.25, -0.2) is 0 Å². The summed E-state index contributed by atoms with van der Waals surface area (Å²) < 4.78 is 11.4. The van der Waals surface area contributed by atoms with Gasteiger partial charge in [-0.2, -0.15) is 0 Å². The molecule has 0 saturated heterocycles. The standard InChI is InChI=1S/C18H23NO2/c1-4-20-15-9-7-10-16(12-15)21-13-18(19-3)17-11-6-5-8-14(17)2/h5-12,18-19H,4,13H2,1-3H3. The number of nitrogens with one attached hydrogen (secondary N) is 1. The minimum Gasteiger partial charge on any atom is -0.494 e. The van der Waals surface area contributed by atoms with Gasteiger partial charge in [0, 0.05) is 6.07 Å². The molecule has 0 spiro atoms. The number of likely N-dealkylation sites (N-methyl/N-ethyl adjacent to an activating group) is 1. The van der Waals surface area contributed by atoms with Gasteiger partial charge < -0.3 is 14.8 Å². The van der Waals surface area contributed by atoms with E-state index in [4.69, 9.17) is 9.47 Å². The highest BCUT2D eigenvalue weighted by atomic mass is 16.5. The summed E-state index contributed by atoms with van der Waals surface area (Å²) in [5, 5.41) is 3.31. The average Bonchev–Trinajstić information content (AvgIpc) is 2.50. The van der Waals surface area contributed by atoms with Crippen LogP contribution in [0.2, 0.25) is 0 Å². The summed E-state index contributed by atoms with van der Waals surface area (Å²) in [5.74, 6) is 1.67. The first kappa shape index (κ1) is 15.4. The summed E-state index contributed by atoms with van der Waals surface area (Å²) in [5.41, 5.74) is 2.53. The Morgan fingerprint density at radius 1 is 1.00 bits per heavy atom. The number of benzene rings is 2. The van der Waals surface area contributed by atoms with Crippen molar-refractivity contribution in [1.29, 1.82) is 0 Å². The van der Waals surface area contributed by atoms with E-state index in [1.165, 1.54) is 11.1 Å². The lowest BCUT2D eigenvalue weighted by Crippen LogP contribution is -2.24. The van der Waals surface area contributed by atoms with Crippen LogP contribution in [0.4, 0.5) is 0 Å². The Kier molecular flexibility index (Phi) is 5.64. The van der Waals surface area contributed by atoms with Crippen LogP contribution in [0.1, 0.15) is 24.1 Å². The number of hydrogen-bond acceptors (Lipinski definition) is 3. The van der Waals surface area contributed by atoms with Crippen LogP contribution < -0.4 is 14.8 Å². The molecule has 1 N–H and O–H groups in total. The number of hydrogen-bond donors (Lipinski definition) is 1. The molecule has 0 amide bonds. The van der Waals surface area contributed by atoms with Crippen LogP contribution in [0.3, 0.4) is 0 Å². The first-order valence-electron chi connectivity index (χ1n) is 7.33. The van der Waals surface area contributed by atoms with Gasteiger partial charge in [-0.3, -0.25) is 0 Å². The van der Waals surface area contributed by atoms with Gasteiger partial charge in [0.05, 0.1) is 12.6 Å². The van der Waals surface area contributed by atoms with Crippen molar-refractivity contribution in [1.82, 2.24) is 5.32 Å². The third-order valence-corrected chi connectivity index (χ3v) is 3.45. The molecular weight excluding hydrogens is 262 g/mol. The molecule has 0 aliphatic rings. The third kappa shape index (κ3) is 4.23. The molecule has 0 radical (unpaired) electrons. The molecule has 3 heteroatoms. The molecule has 0 aliphatic carbocycles. The van der Waals surface area contributed by atoms with Crippen LogP contribution in [0, 0.1) is 6.92 Å². The Labute approximate surface area is 126 Å². The molecule has 1 atom stereocenters. The van der Waals surface area contributed by atoms with Gasteiger partial charge in [0.15, 0.2) is 0 Å². The van der Waals surface area contributed by atoms with E-state index in [-0.39, 0.29) is 6.04 Å². The molecule has 0 fully saturated rings. The fourth-order valence-corrected chi connectivity index (χ4v) is 2.31. The minimum atomic E-state index is 0.168. The normalized spacial score (nSPS) is 12.0. The van der Waals surface area contributed by atoms with Crippen LogP contribution in [0.15, 0.2) is 48.5 Å². The van der Waals surface area contributed by atoms with Gasteiger partial charge in [-0.15, -0.1) is 0 Å². The summed E-state index contributed by atoms with van der Waals surface area (Å²) >= 11 is 0. The molecule has 2 aromatic carbocycles. The van der Waals surface area contributed by atoms with E-state index in [2.05, 4.69) is 36.5 Å². The Morgan fingerprint density at radius 3 is 2.38 bits per heavy atom. The summed E-state index contributed by atoms with van der Waals surface area (Å²) in [6, 6.07) is 16.3. The summed E-state index contributed by atoms with van der Waals surface area (Å²) in [6.07, 6.45) is 0. The fraction of sp³-hybridized carbons (Fsp3) is 0.333. The number of aryl methyl sites for hydroxylation is 1. The van der Waals surface area contributed by atoms with Crippen molar-refractivity contribution in [3.63, 3.8) is 0 Å². The van der Waals surface area contributed by atoms with Gasteiger partial charge in [-0.1, -0.05) is 30.3 Å². The Morgan fingerprint density at radius 2 is 1.71 bits per heavy atom. The summed E-state index contributed by atoms with van der Waals surface area (Å²) in [7, 11) is 1.96. The van der Waals surface area contributed by atoms with E-state index in [1.807, 2.05) is 38.2 Å².